The van der Waals surface area contributed by atoms with Crippen molar-refractivity contribution < 1.29 is 27.4 Å². The summed E-state index contributed by atoms with van der Waals surface area (Å²) in [6.07, 6.45) is -4.77. The largest absolute Gasteiger partial charge is 0.416 e. The number of alkyl halides is 3. The van der Waals surface area contributed by atoms with Crippen LogP contribution in [0.25, 0.3) is 0 Å². The first-order valence-corrected chi connectivity index (χ1v) is 7.39. The van der Waals surface area contributed by atoms with Gasteiger partial charge in [-0.3, -0.25) is 4.79 Å². The quantitative estimate of drug-likeness (QED) is 0.852. The molecule has 1 aliphatic rings. The first kappa shape index (κ1) is 17.7. The standard InChI is InChI=1S/C16H20F3NO3/c1-11(10-22-2)15(21)20-7-8-23-14(9-20)12-3-5-13(6-4-12)16(17,18)19/h3-6,11,14H,7-10H2,1-2H3/t11-,14-/m1/s1. The van der Waals surface area contributed by atoms with E-state index < -0.39 is 17.8 Å². The molecule has 23 heavy (non-hydrogen) atoms. The summed E-state index contributed by atoms with van der Waals surface area (Å²) in [5.41, 5.74) is -0.0615. The summed E-state index contributed by atoms with van der Waals surface area (Å²) in [4.78, 5) is 14.0. The van der Waals surface area contributed by atoms with E-state index in [1.807, 2.05) is 0 Å². The summed E-state index contributed by atoms with van der Waals surface area (Å²) < 4.78 is 48.4. The van der Waals surface area contributed by atoms with Crippen LogP contribution in [0.1, 0.15) is 24.2 Å². The SMILES string of the molecule is COC[C@@H](C)C(=O)N1CCO[C@@H](c2ccc(C(F)(F)F)cc2)C1. The lowest BCUT2D eigenvalue weighted by atomic mass is 10.0. The number of morpholine rings is 1. The Labute approximate surface area is 133 Å². The van der Waals surface area contributed by atoms with Crippen molar-refractivity contribution in [3.63, 3.8) is 0 Å². The molecule has 0 saturated carbocycles. The highest BCUT2D eigenvalue weighted by molar-refractivity contribution is 5.78. The molecule has 7 heteroatoms. The Hall–Kier alpha value is -1.60. The van der Waals surface area contributed by atoms with Gasteiger partial charge in [0.05, 0.1) is 31.2 Å². The summed E-state index contributed by atoms with van der Waals surface area (Å²) in [6.45, 7) is 3.29. The molecule has 0 N–H and O–H groups in total. The minimum Gasteiger partial charge on any atom is -0.384 e. The summed E-state index contributed by atoms with van der Waals surface area (Å²) in [7, 11) is 1.54. The van der Waals surface area contributed by atoms with Gasteiger partial charge in [0, 0.05) is 13.7 Å². The van der Waals surface area contributed by atoms with E-state index in [1.165, 1.54) is 19.2 Å². The smallest absolute Gasteiger partial charge is 0.384 e. The third-order valence-electron chi connectivity index (χ3n) is 3.83. The van der Waals surface area contributed by atoms with Crippen molar-refractivity contribution in [3.05, 3.63) is 35.4 Å². The van der Waals surface area contributed by atoms with E-state index in [1.54, 1.807) is 11.8 Å². The predicted octanol–water partition coefficient (Wildman–Crippen LogP) is 2.89. The molecule has 0 aromatic heterocycles. The van der Waals surface area contributed by atoms with Gasteiger partial charge in [-0.15, -0.1) is 0 Å². The number of amides is 1. The number of carbonyl (C=O) groups is 1. The molecule has 0 bridgehead atoms. The number of rotatable bonds is 4. The number of benzene rings is 1. The molecule has 0 spiro atoms. The highest BCUT2D eigenvalue weighted by Gasteiger charge is 2.31. The topological polar surface area (TPSA) is 38.8 Å². The van der Waals surface area contributed by atoms with Gasteiger partial charge < -0.3 is 14.4 Å². The van der Waals surface area contributed by atoms with Gasteiger partial charge in [-0.25, -0.2) is 0 Å². The van der Waals surface area contributed by atoms with Crippen LogP contribution in [0.3, 0.4) is 0 Å². The van der Waals surface area contributed by atoms with Crippen molar-refractivity contribution in [1.29, 1.82) is 0 Å². The van der Waals surface area contributed by atoms with Gasteiger partial charge in [-0.1, -0.05) is 19.1 Å². The molecule has 2 atom stereocenters. The third-order valence-corrected chi connectivity index (χ3v) is 3.83. The molecular formula is C16H20F3NO3. The minimum absolute atomic E-state index is 0.0351. The number of hydrogen-bond donors (Lipinski definition) is 0. The Kier molecular flexibility index (Phi) is 5.64. The molecule has 1 heterocycles. The van der Waals surface area contributed by atoms with Gasteiger partial charge in [0.2, 0.25) is 5.91 Å². The van der Waals surface area contributed by atoms with Gasteiger partial charge in [-0.05, 0) is 17.7 Å². The first-order valence-electron chi connectivity index (χ1n) is 7.39. The molecule has 1 aliphatic heterocycles. The molecule has 1 aromatic rings. The van der Waals surface area contributed by atoms with Crippen molar-refractivity contribution >= 4 is 5.91 Å². The van der Waals surface area contributed by atoms with Crippen LogP contribution in [0.5, 0.6) is 0 Å². The van der Waals surface area contributed by atoms with Crippen molar-refractivity contribution in [2.75, 3.05) is 33.4 Å². The van der Waals surface area contributed by atoms with E-state index in [9.17, 15) is 18.0 Å². The third kappa shape index (κ3) is 4.45. The number of nitrogens with zero attached hydrogens (tertiary/aromatic N) is 1. The first-order chi connectivity index (χ1) is 10.8. The second kappa shape index (κ2) is 7.31. The van der Waals surface area contributed by atoms with Crippen LogP contribution in [-0.4, -0.2) is 44.2 Å². The minimum atomic E-state index is -4.36. The Balaban J connectivity index is 2.05. The van der Waals surface area contributed by atoms with E-state index in [4.69, 9.17) is 9.47 Å². The van der Waals surface area contributed by atoms with E-state index in [0.717, 1.165) is 12.1 Å². The maximum Gasteiger partial charge on any atom is 0.416 e. The summed E-state index contributed by atoms with van der Waals surface area (Å²) in [5, 5.41) is 0. The predicted molar refractivity (Wildman–Crippen MR) is 77.8 cm³/mol. The zero-order valence-electron chi connectivity index (χ0n) is 13.1. The van der Waals surface area contributed by atoms with Crippen molar-refractivity contribution in [2.45, 2.75) is 19.2 Å². The summed E-state index contributed by atoms with van der Waals surface area (Å²) in [6, 6.07) is 4.88. The number of ether oxygens (including phenoxy) is 2. The lowest BCUT2D eigenvalue weighted by Crippen LogP contribution is -2.45. The maximum absolute atomic E-state index is 12.6. The van der Waals surface area contributed by atoms with Crippen LogP contribution in [0.15, 0.2) is 24.3 Å². The van der Waals surface area contributed by atoms with Crippen LogP contribution < -0.4 is 0 Å². The number of methoxy groups -OCH3 is 1. The fourth-order valence-electron chi connectivity index (χ4n) is 2.57. The highest BCUT2D eigenvalue weighted by atomic mass is 19.4. The lowest BCUT2D eigenvalue weighted by molar-refractivity contribution is -0.144. The fourth-order valence-corrected chi connectivity index (χ4v) is 2.57. The van der Waals surface area contributed by atoms with Crippen LogP contribution in [0.4, 0.5) is 13.2 Å². The average molecular weight is 331 g/mol. The van der Waals surface area contributed by atoms with Gasteiger partial charge in [0.15, 0.2) is 0 Å². The van der Waals surface area contributed by atoms with Crippen LogP contribution in [0.2, 0.25) is 0 Å². The highest BCUT2D eigenvalue weighted by Crippen LogP contribution is 2.31. The van der Waals surface area contributed by atoms with Crippen LogP contribution in [-0.2, 0) is 20.4 Å². The fraction of sp³-hybridized carbons (Fsp3) is 0.562. The Morgan fingerprint density at radius 1 is 1.39 bits per heavy atom. The zero-order valence-corrected chi connectivity index (χ0v) is 13.1. The zero-order chi connectivity index (χ0) is 17.0. The second-order valence-electron chi connectivity index (χ2n) is 5.62. The Morgan fingerprint density at radius 2 is 2.04 bits per heavy atom. The van der Waals surface area contributed by atoms with Crippen molar-refractivity contribution in [2.24, 2.45) is 5.92 Å². The number of hydrogen-bond acceptors (Lipinski definition) is 3. The molecule has 1 fully saturated rings. The number of carbonyl (C=O) groups excluding carboxylic acids is 1. The molecule has 4 nitrogen and oxygen atoms in total. The lowest BCUT2D eigenvalue weighted by Gasteiger charge is -2.34. The Morgan fingerprint density at radius 3 is 2.61 bits per heavy atom. The number of halogens is 3. The van der Waals surface area contributed by atoms with Crippen molar-refractivity contribution in [3.8, 4) is 0 Å². The molecule has 1 aromatic carbocycles. The van der Waals surface area contributed by atoms with E-state index in [-0.39, 0.29) is 11.8 Å². The van der Waals surface area contributed by atoms with Gasteiger partial charge in [-0.2, -0.15) is 13.2 Å². The summed E-state index contributed by atoms with van der Waals surface area (Å²) in [5.74, 6) is -0.293. The normalized spacial score (nSPS) is 20.4. The van der Waals surface area contributed by atoms with E-state index in [0.29, 0.717) is 31.9 Å². The molecule has 1 amide bonds. The van der Waals surface area contributed by atoms with Crippen LogP contribution in [0, 0.1) is 5.92 Å². The van der Waals surface area contributed by atoms with Gasteiger partial charge >= 0.3 is 6.18 Å². The molecule has 2 rings (SSSR count). The molecule has 0 unspecified atom stereocenters. The van der Waals surface area contributed by atoms with E-state index >= 15 is 0 Å². The monoisotopic (exact) mass is 331 g/mol. The molecule has 0 aliphatic carbocycles. The second-order valence-corrected chi connectivity index (χ2v) is 5.62. The average Bonchev–Trinajstić information content (AvgIpc) is 2.54. The van der Waals surface area contributed by atoms with Crippen LogP contribution >= 0.6 is 0 Å². The van der Waals surface area contributed by atoms with Gasteiger partial charge in [0.25, 0.3) is 0 Å². The summed E-state index contributed by atoms with van der Waals surface area (Å²) >= 11 is 0. The Bertz CT molecular complexity index is 530. The molecule has 1 saturated heterocycles. The molecule has 0 radical (unpaired) electrons. The van der Waals surface area contributed by atoms with Crippen molar-refractivity contribution in [1.82, 2.24) is 4.90 Å². The maximum atomic E-state index is 12.6. The molecule has 128 valence electrons. The van der Waals surface area contributed by atoms with Gasteiger partial charge in [0.1, 0.15) is 6.10 Å². The molecular weight excluding hydrogens is 311 g/mol. The van der Waals surface area contributed by atoms with E-state index in [2.05, 4.69) is 0 Å².